The van der Waals surface area contributed by atoms with Crippen LogP contribution >= 0.6 is 11.3 Å². The van der Waals surface area contributed by atoms with Crippen LogP contribution in [-0.2, 0) is 16.6 Å². The Morgan fingerprint density at radius 1 is 1.06 bits per heavy atom. The summed E-state index contributed by atoms with van der Waals surface area (Å²) in [7, 11) is -2.08. The molecule has 0 aliphatic heterocycles. The maximum atomic E-state index is 12.9. The monoisotopic (exact) mass is 453 g/mol. The van der Waals surface area contributed by atoms with Gasteiger partial charge in [-0.25, -0.2) is 13.4 Å². The SMILES string of the molecule is Cc1nc2cc(NC(O)c3ccc(S(=O)(=O)N(C)Cc4ccccc4)cc3)ccc2s1. The van der Waals surface area contributed by atoms with Crippen molar-refractivity contribution in [3.05, 3.63) is 88.9 Å². The van der Waals surface area contributed by atoms with Crippen LogP contribution in [0.15, 0.2) is 77.7 Å². The number of nitrogens with one attached hydrogen (secondary N) is 1. The zero-order chi connectivity index (χ0) is 22.0. The van der Waals surface area contributed by atoms with Gasteiger partial charge in [-0.2, -0.15) is 4.31 Å². The van der Waals surface area contributed by atoms with Gasteiger partial charge in [-0.3, -0.25) is 0 Å². The van der Waals surface area contributed by atoms with E-state index in [0.717, 1.165) is 26.5 Å². The van der Waals surface area contributed by atoms with E-state index >= 15 is 0 Å². The van der Waals surface area contributed by atoms with Crippen LogP contribution in [-0.4, -0.2) is 29.9 Å². The van der Waals surface area contributed by atoms with Gasteiger partial charge in [0.2, 0.25) is 10.0 Å². The highest BCUT2D eigenvalue weighted by atomic mass is 32.2. The fourth-order valence-electron chi connectivity index (χ4n) is 3.30. The van der Waals surface area contributed by atoms with E-state index in [4.69, 9.17) is 0 Å². The summed E-state index contributed by atoms with van der Waals surface area (Å²) in [6, 6.07) is 21.5. The number of hydrogen-bond acceptors (Lipinski definition) is 6. The van der Waals surface area contributed by atoms with Crippen LogP contribution in [0.25, 0.3) is 10.2 Å². The molecule has 0 saturated heterocycles. The second-order valence-electron chi connectivity index (χ2n) is 7.28. The van der Waals surface area contributed by atoms with E-state index in [9.17, 15) is 13.5 Å². The fourth-order valence-corrected chi connectivity index (χ4v) is 5.27. The Labute approximate surface area is 185 Å². The van der Waals surface area contributed by atoms with Crippen LogP contribution in [0.3, 0.4) is 0 Å². The number of aromatic nitrogens is 1. The van der Waals surface area contributed by atoms with Gasteiger partial charge in [-0.05, 0) is 42.8 Å². The molecule has 160 valence electrons. The lowest BCUT2D eigenvalue weighted by Crippen LogP contribution is -2.26. The molecule has 0 bridgehead atoms. The number of sulfonamides is 1. The van der Waals surface area contributed by atoms with E-state index in [1.165, 1.54) is 16.4 Å². The lowest BCUT2D eigenvalue weighted by atomic mass is 10.2. The minimum Gasteiger partial charge on any atom is -0.369 e. The Bertz CT molecular complexity index is 1290. The van der Waals surface area contributed by atoms with E-state index in [0.29, 0.717) is 5.56 Å². The Hall–Kier alpha value is -2.78. The van der Waals surface area contributed by atoms with E-state index < -0.39 is 16.3 Å². The van der Waals surface area contributed by atoms with Crippen LogP contribution in [0.1, 0.15) is 22.4 Å². The molecule has 1 aromatic heterocycles. The number of aliphatic hydroxyl groups is 1. The van der Waals surface area contributed by atoms with Crippen molar-refractivity contribution in [2.75, 3.05) is 12.4 Å². The molecule has 1 heterocycles. The molecule has 2 N–H and O–H groups in total. The highest BCUT2D eigenvalue weighted by Gasteiger charge is 2.21. The van der Waals surface area contributed by atoms with Gasteiger partial charge in [-0.15, -0.1) is 11.3 Å². The van der Waals surface area contributed by atoms with E-state index in [-0.39, 0.29) is 11.4 Å². The van der Waals surface area contributed by atoms with Crippen molar-refractivity contribution in [3.63, 3.8) is 0 Å². The summed E-state index contributed by atoms with van der Waals surface area (Å²) in [5.74, 6) is 0. The molecular weight excluding hydrogens is 430 g/mol. The molecular formula is C23H23N3O3S2. The number of rotatable bonds is 7. The number of anilines is 1. The highest BCUT2D eigenvalue weighted by molar-refractivity contribution is 7.89. The van der Waals surface area contributed by atoms with Crippen molar-refractivity contribution in [3.8, 4) is 0 Å². The third-order valence-electron chi connectivity index (χ3n) is 4.95. The van der Waals surface area contributed by atoms with Crippen LogP contribution in [0.5, 0.6) is 0 Å². The summed E-state index contributed by atoms with van der Waals surface area (Å²) >= 11 is 1.62. The molecule has 0 spiro atoms. The minimum atomic E-state index is -3.64. The quantitative estimate of drug-likeness (QED) is 0.402. The van der Waals surface area contributed by atoms with Crippen LogP contribution in [0.4, 0.5) is 5.69 Å². The minimum absolute atomic E-state index is 0.182. The van der Waals surface area contributed by atoms with Gasteiger partial charge < -0.3 is 10.4 Å². The van der Waals surface area contributed by atoms with Crippen molar-refractivity contribution in [2.45, 2.75) is 24.6 Å². The summed E-state index contributed by atoms with van der Waals surface area (Å²) in [5.41, 5.74) is 3.10. The third kappa shape index (κ3) is 4.77. The molecule has 1 atom stereocenters. The maximum absolute atomic E-state index is 12.9. The molecule has 0 fully saturated rings. The number of benzene rings is 3. The fraction of sp³-hybridized carbons (Fsp3) is 0.174. The average molecular weight is 454 g/mol. The molecule has 0 aliphatic carbocycles. The number of hydrogen-bond donors (Lipinski definition) is 2. The first kappa shape index (κ1) is 21.5. The van der Waals surface area contributed by atoms with Crippen molar-refractivity contribution >= 4 is 37.3 Å². The normalized spacial score (nSPS) is 12.9. The Morgan fingerprint density at radius 2 is 1.77 bits per heavy atom. The van der Waals surface area contributed by atoms with Crippen molar-refractivity contribution in [2.24, 2.45) is 0 Å². The van der Waals surface area contributed by atoms with Gasteiger partial charge in [-0.1, -0.05) is 42.5 Å². The van der Waals surface area contributed by atoms with Crippen molar-refractivity contribution < 1.29 is 13.5 Å². The first-order valence-corrected chi connectivity index (χ1v) is 12.0. The van der Waals surface area contributed by atoms with Crippen molar-refractivity contribution in [1.29, 1.82) is 0 Å². The van der Waals surface area contributed by atoms with Crippen LogP contribution in [0.2, 0.25) is 0 Å². The predicted octanol–water partition coefficient (Wildman–Crippen LogP) is 4.53. The zero-order valence-electron chi connectivity index (χ0n) is 17.2. The molecule has 3 aromatic carbocycles. The van der Waals surface area contributed by atoms with Crippen molar-refractivity contribution in [1.82, 2.24) is 9.29 Å². The molecule has 0 aliphatic rings. The number of aryl methyl sites for hydroxylation is 1. The summed E-state index contributed by atoms with van der Waals surface area (Å²) in [6.45, 7) is 2.24. The Morgan fingerprint density at radius 3 is 2.48 bits per heavy atom. The number of aliphatic hydroxyl groups excluding tert-OH is 1. The molecule has 31 heavy (non-hydrogen) atoms. The predicted molar refractivity (Wildman–Crippen MR) is 124 cm³/mol. The second-order valence-corrected chi connectivity index (χ2v) is 10.6. The second kappa shape index (κ2) is 8.76. The zero-order valence-corrected chi connectivity index (χ0v) is 18.8. The van der Waals surface area contributed by atoms with Gasteiger partial charge in [0.25, 0.3) is 0 Å². The third-order valence-corrected chi connectivity index (χ3v) is 7.72. The summed E-state index contributed by atoms with van der Waals surface area (Å²) in [4.78, 5) is 4.65. The van der Waals surface area contributed by atoms with Gasteiger partial charge in [0.1, 0.15) is 0 Å². The lowest BCUT2D eigenvalue weighted by molar-refractivity contribution is 0.208. The average Bonchev–Trinajstić information content (AvgIpc) is 3.13. The van der Waals surface area contributed by atoms with Gasteiger partial charge in [0, 0.05) is 24.8 Å². The molecule has 6 nitrogen and oxygen atoms in total. The number of nitrogens with zero attached hydrogens (tertiary/aromatic N) is 2. The van der Waals surface area contributed by atoms with Crippen LogP contribution in [0, 0.1) is 6.92 Å². The van der Waals surface area contributed by atoms with Gasteiger partial charge in [0.15, 0.2) is 6.23 Å². The molecule has 1 unspecified atom stereocenters. The maximum Gasteiger partial charge on any atom is 0.243 e. The first-order chi connectivity index (χ1) is 14.8. The van der Waals surface area contributed by atoms with Crippen LogP contribution < -0.4 is 5.32 Å². The van der Waals surface area contributed by atoms with Gasteiger partial charge in [0.05, 0.1) is 20.1 Å². The largest absolute Gasteiger partial charge is 0.369 e. The molecule has 0 saturated carbocycles. The molecule has 4 aromatic rings. The smallest absolute Gasteiger partial charge is 0.243 e. The topological polar surface area (TPSA) is 82.5 Å². The van der Waals surface area contributed by atoms with E-state index in [1.807, 2.05) is 55.5 Å². The van der Waals surface area contributed by atoms with E-state index in [2.05, 4.69) is 10.3 Å². The summed E-state index contributed by atoms with van der Waals surface area (Å²) in [5, 5.41) is 14.6. The number of thiazole rings is 1. The standard InChI is InChI=1S/C23H23N3O3S2/c1-16-24-21-14-19(10-13-22(21)30-16)25-23(27)18-8-11-20(12-9-18)31(28,29)26(2)15-17-6-4-3-5-7-17/h3-14,23,25,27H,15H2,1-2H3. The highest BCUT2D eigenvalue weighted by Crippen LogP contribution is 2.27. The first-order valence-electron chi connectivity index (χ1n) is 9.75. The summed E-state index contributed by atoms with van der Waals surface area (Å²) < 4.78 is 28.2. The molecule has 0 amide bonds. The molecule has 0 radical (unpaired) electrons. The van der Waals surface area contributed by atoms with E-state index in [1.54, 1.807) is 30.5 Å². The Kier molecular flexibility index (Phi) is 6.06. The number of fused-ring (bicyclic) bond motifs is 1. The molecule has 4 rings (SSSR count). The lowest BCUT2D eigenvalue weighted by Gasteiger charge is -2.18. The van der Waals surface area contributed by atoms with Gasteiger partial charge >= 0.3 is 0 Å². The molecule has 8 heteroatoms. The Balaban J connectivity index is 1.47. The summed E-state index contributed by atoms with van der Waals surface area (Å²) in [6.07, 6.45) is -0.976.